The number of fused-ring (bicyclic) bond motifs is 1. The van der Waals surface area contributed by atoms with Crippen LogP contribution in [0.4, 0.5) is 29.3 Å². The van der Waals surface area contributed by atoms with Crippen LogP contribution in [-0.2, 0) is 12.6 Å². The SMILES string of the molecule is CSc1cc2c(cc1C(F)(F)F)N(C(=O)Nc1cccc(OCCCO)c1)CC2. The first-order valence-corrected chi connectivity index (χ1v) is 10.3. The molecule has 1 aliphatic heterocycles. The maximum absolute atomic E-state index is 13.4. The van der Waals surface area contributed by atoms with Crippen LogP contribution in [0.5, 0.6) is 5.75 Å². The number of benzene rings is 2. The summed E-state index contributed by atoms with van der Waals surface area (Å²) in [5.41, 5.74) is 0.742. The summed E-state index contributed by atoms with van der Waals surface area (Å²) < 4.78 is 45.6. The predicted octanol–water partition coefficient (Wildman–Crippen LogP) is 4.78. The quantitative estimate of drug-likeness (QED) is 0.515. The lowest BCUT2D eigenvalue weighted by molar-refractivity contribution is -0.139. The summed E-state index contributed by atoms with van der Waals surface area (Å²) in [4.78, 5) is 14.2. The van der Waals surface area contributed by atoms with Crippen molar-refractivity contribution < 1.29 is 27.8 Å². The molecule has 0 atom stereocenters. The molecule has 0 aromatic heterocycles. The molecule has 2 aromatic rings. The average molecular weight is 426 g/mol. The number of ether oxygens (including phenoxy) is 1. The third kappa shape index (κ3) is 4.97. The van der Waals surface area contributed by atoms with E-state index in [4.69, 9.17) is 9.84 Å². The fraction of sp³-hybridized carbons (Fsp3) is 0.350. The van der Waals surface area contributed by atoms with Gasteiger partial charge in [0.15, 0.2) is 0 Å². The van der Waals surface area contributed by atoms with Gasteiger partial charge < -0.3 is 15.2 Å². The lowest BCUT2D eigenvalue weighted by Crippen LogP contribution is -2.33. The van der Waals surface area contributed by atoms with E-state index in [1.807, 2.05) is 0 Å². The van der Waals surface area contributed by atoms with Crippen molar-refractivity contribution in [2.24, 2.45) is 0 Å². The minimum atomic E-state index is -4.49. The smallest absolute Gasteiger partial charge is 0.417 e. The van der Waals surface area contributed by atoms with E-state index in [1.54, 1.807) is 30.5 Å². The summed E-state index contributed by atoms with van der Waals surface area (Å²) in [6.07, 6.45) is -1.90. The molecule has 9 heteroatoms. The Balaban J connectivity index is 1.78. The highest BCUT2D eigenvalue weighted by atomic mass is 32.2. The molecule has 0 fully saturated rings. The number of hydrogen-bond donors (Lipinski definition) is 2. The minimum absolute atomic E-state index is 0.0168. The molecule has 1 heterocycles. The van der Waals surface area contributed by atoms with E-state index < -0.39 is 17.8 Å². The van der Waals surface area contributed by atoms with Crippen molar-refractivity contribution >= 4 is 29.2 Å². The van der Waals surface area contributed by atoms with E-state index in [9.17, 15) is 18.0 Å². The normalized spacial score (nSPS) is 13.3. The molecule has 3 rings (SSSR count). The highest BCUT2D eigenvalue weighted by molar-refractivity contribution is 7.98. The summed E-state index contributed by atoms with van der Waals surface area (Å²) in [6.45, 7) is 0.664. The van der Waals surface area contributed by atoms with Crippen LogP contribution in [0, 0.1) is 0 Å². The molecule has 0 aliphatic carbocycles. The molecule has 29 heavy (non-hydrogen) atoms. The summed E-state index contributed by atoms with van der Waals surface area (Å²) >= 11 is 1.04. The van der Waals surface area contributed by atoms with Crippen molar-refractivity contribution in [3.05, 3.63) is 47.5 Å². The number of alkyl halides is 3. The summed E-state index contributed by atoms with van der Waals surface area (Å²) in [5.74, 6) is 0.530. The number of carbonyl (C=O) groups excluding carboxylic acids is 1. The Morgan fingerprint density at radius 1 is 1.31 bits per heavy atom. The number of hydrogen-bond acceptors (Lipinski definition) is 4. The molecule has 2 aromatic carbocycles. The van der Waals surface area contributed by atoms with Gasteiger partial charge in [-0.15, -0.1) is 11.8 Å². The number of anilines is 2. The van der Waals surface area contributed by atoms with Crippen LogP contribution in [0.15, 0.2) is 41.3 Å². The van der Waals surface area contributed by atoms with Crippen molar-refractivity contribution in [1.82, 2.24) is 0 Å². The molecule has 156 valence electrons. The van der Waals surface area contributed by atoms with Crippen molar-refractivity contribution in [1.29, 1.82) is 0 Å². The van der Waals surface area contributed by atoms with Gasteiger partial charge in [-0.3, -0.25) is 4.90 Å². The summed E-state index contributed by atoms with van der Waals surface area (Å²) in [7, 11) is 0. The molecule has 0 bridgehead atoms. The van der Waals surface area contributed by atoms with E-state index >= 15 is 0 Å². The highest BCUT2D eigenvalue weighted by Gasteiger charge is 2.36. The number of halogens is 3. The van der Waals surface area contributed by atoms with Gasteiger partial charge in [0.2, 0.25) is 0 Å². The second-order valence-electron chi connectivity index (χ2n) is 6.46. The molecule has 0 saturated heterocycles. The zero-order chi connectivity index (χ0) is 21.0. The number of amides is 2. The third-order valence-corrected chi connectivity index (χ3v) is 5.28. The van der Waals surface area contributed by atoms with Gasteiger partial charge in [-0.2, -0.15) is 13.2 Å². The number of nitrogens with one attached hydrogen (secondary N) is 1. The number of carbonyl (C=O) groups is 1. The van der Waals surface area contributed by atoms with Crippen molar-refractivity contribution in [3.8, 4) is 5.75 Å². The first-order chi connectivity index (χ1) is 13.8. The fourth-order valence-electron chi connectivity index (χ4n) is 3.13. The van der Waals surface area contributed by atoms with Crippen molar-refractivity contribution in [2.45, 2.75) is 23.9 Å². The highest BCUT2D eigenvalue weighted by Crippen LogP contribution is 2.42. The van der Waals surface area contributed by atoms with Crippen molar-refractivity contribution in [2.75, 3.05) is 36.2 Å². The van der Waals surface area contributed by atoms with Crippen LogP contribution >= 0.6 is 11.8 Å². The van der Waals surface area contributed by atoms with E-state index in [1.165, 1.54) is 11.0 Å². The number of rotatable bonds is 6. The lowest BCUT2D eigenvalue weighted by atomic mass is 10.1. The van der Waals surface area contributed by atoms with Gasteiger partial charge in [-0.1, -0.05) is 6.07 Å². The summed E-state index contributed by atoms with van der Waals surface area (Å²) in [6, 6.07) is 8.80. The monoisotopic (exact) mass is 426 g/mol. The molecule has 0 radical (unpaired) electrons. The van der Waals surface area contributed by atoms with Crippen LogP contribution in [0.25, 0.3) is 0 Å². The minimum Gasteiger partial charge on any atom is -0.493 e. The van der Waals surface area contributed by atoms with Gasteiger partial charge in [0.05, 0.1) is 12.2 Å². The zero-order valence-electron chi connectivity index (χ0n) is 15.8. The predicted molar refractivity (Wildman–Crippen MR) is 107 cm³/mol. The number of aliphatic hydroxyl groups excluding tert-OH is 1. The Morgan fingerprint density at radius 2 is 2.10 bits per heavy atom. The fourth-order valence-corrected chi connectivity index (χ4v) is 3.78. The van der Waals surface area contributed by atoms with Gasteiger partial charge in [0, 0.05) is 41.9 Å². The van der Waals surface area contributed by atoms with Crippen LogP contribution in [0.1, 0.15) is 17.5 Å². The van der Waals surface area contributed by atoms with Gasteiger partial charge in [0.1, 0.15) is 5.75 Å². The van der Waals surface area contributed by atoms with Crippen LogP contribution < -0.4 is 15.0 Å². The first kappa shape index (κ1) is 21.3. The van der Waals surface area contributed by atoms with E-state index in [2.05, 4.69) is 5.32 Å². The van der Waals surface area contributed by atoms with Crippen LogP contribution in [0.2, 0.25) is 0 Å². The Kier molecular flexibility index (Phi) is 6.59. The van der Waals surface area contributed by atoms with Crippen LogP contribution in [0.3, 0.4) is 0 Å². The molecule has 2 N–H and O–H groups in total. The van der Waals surface area contributed by atoms with Gasteiger partial charge >= 0.3 is 12.2 Å². The summed E-state index contributed by atoms with van der Waals surface area (Å²) in [5, 5.41) is 11.5. The topological polar surface area (TPSA) is 61.8 Å². The number of aliphatic hydroxyl groups is 1. The number of thioether (sulfide) groups is 1. The van der Waals surface area contributed by atoms with Gasteiger partial charge in [0.25, 0.3) is 0 Å². The van der Waals surface area contributed by atoms with E-state index in [0.29, 0.717) is 37.4 Å². The molecule has 2 amide bonds. The molecule has 0 saturated carbocycles. The van der Waals surface area contributed by atoms with Crippen molar-refractivity contribution in [3.63, 3.8) is 0 Å². The Labute approximate surface area is 170 Å². The maximum Gasteiger partial charge on any atom is 0.417 e. The Morgan fingerprint density at radius 3 is 2.79 bits per heavy atom. The van der Waals surface area contributed by atoms with Gasteiger partial charge in [-0.25, -0.2) is 4.79 Å². The molecule has 5 nitrogen and oxygen atoms in total. The lowest BCUT2D eigenvalue weighted by Gasteiger charge is -2.20. The number of nitrogens with zero attached hydrogens (tertiary/aromatic N) is 1. The van der Waals surface area contributed by atoms with Gasteiger partial charge in [-0.05, 0) is 42.5 Å². The average Bonchev–Trinajstić information content (AvgIpc) is 3.10. The molecular weight excluding hydrogens is 405 g/mol. The Hall–Kier alpha value is -2.39. The third-order valence-electron chi connectivity index (χ3n) is 4.50. The second-order valence-corrected chi connectivity index (χ2v) is 7.31. The Bertz CT molecular complexity index is 890. The number of urea groups is 1. The largest absolute Gasteiger partial charge is 0.493 e. The maximum atomic E-state index is 13.4. The second kappa shape index (κ2) is 8.96. The molecule has 1 aliphatic rings. The van der Waals surface area contributed by atoms with Crippen LogP contribution in [-0.4, -0.2) is 37.2 Å². The van der Waals surface area contributed by atoms with E-state index in [-0.39, 0.29) is 17.2 Å². The standard InChI is InChI=1S/C20H21F3N2O3S/c1-29-18-10-13-6-7-25(17(13)12-16(18)20(21,22)23)19(27)24-14-4-2-5-15(11-14)28-9-3-8-26/h2,4-5,10-12,26H,3,6-9H2,1H3,(H,24,27). The first-order valence-electron chi connectivity index (χ1n) is 9.04. The zero-order valence-corrected chi connectivity index (χ0v) is 16.6. The van der Waals surface area contributed by atoms with E-state index in [0.717, 1.165) is 23.4 Å². The molecular formula is C20H21F3N2O3S. The molecule has 0 spiro atoms. The molecule has 0 unspecified atom stereocenters.